The van der Waals surface area contributed by atoms with Crippen molar-refractivity contribution in [3.63, 3.8) is 0 Å². The van der Waals surface area contributed by atoms with Crippen LogP contribution in [0.4, 0.5) is 0 Å². The third-order valence-corrected chi connectivity index (χ3v) is 2.61. The first-order chi connectivity index (χ1) is 7.10. The molecule has 0 aliphatic rings. The second kappa shape index (κ2) is 7.62. The monoisotopic (exact) mass is 220 g/mol. The molecule has 0 bridgehead atoms. The van der Waals surface area contributed by atoms with Crippen LogP contribution in [0.3, 0.4) is 0 Å². The molecule has 3 N–H and O–H groups in total. The summed E-state index contributed by atoms with van der Waals surface area (Å²) in [5, 5.41) is 26.7. The Balaban J connectivity index is 4.47. The Morgan fingerprint density at radius 1 is 1.13 bits per heavy atom. The highest BCUT2D eigenvalue weighted by Gasteiger charge is 2.28. The molecule has 0 unspecified atom stereocenters. The molecule has 0 fully saturated rings. The number of aliphatic hydroxyl groups excluding tert-OH is 2. The summed E-state index contributed by atoms with van der Waals surface area (Å²) in [6, 6.07) is 0. The van der Waals surface area contributed by atoms with E-state index in [0.29, 0.717) is 19.6 Å². The Morgan fingerprint density at radius 3 is 2.00 bits per heavy atom. The molecular weight excluding hydrogens is 198 g/mol. The van der Waals surface area contributed by atoms with Crippen molar-refractivity contribution in [2.45, 2.75) is 19.8 Å². The van der Waals surface area contributed by atoms with Gasteiger partial charge in [0.25, 0.3) is 0 Å². The summed E-state index contributed by atoms with van der Waals surface area (Å²) < 4.78 is 0.274. The molecule has 0 amide bonds. The highest BCUT2D eigenvalue weighted by atomic mass is 16.4. The summed E-state index contributed by atoms with van der Waals surface area (Å²) in [7, 11) is 0. The molecule has 0 atom stereocenters. The zero-order valence-corrected chi connectivity index (χ0v) is 9.35. The largest absolute Gasteiger partial charge is 0.477 e. The normalized spacial score (nSPS) is 11.7. The van der Waals surface area contributed by atoms with Gasteiger partial charge in [-0.3, -0.25) is 0 Å². The molecule has 0 aromatic rings. The number of nitrogens with zero attached hydrogens (tertiary/aromatic N) is 1. The fourth-order valence-corrected chi connectivity index (χ4v) is 1.78. The molecule has 0 radical (unpaired) electrons. The molecule has 0 aliphatic heterocycles. The minimum absolute atomic E-state index is 0.0267. The number of aliphatic carboxylic acids is 1. The van der Waals surface area contributed by atoms with Crippen LogP contribution in [0.25, 0.3) is 0 Å². The molecule has 5 nitrogen and oxygen atoms in total. The third kappa shape index (κ3) is 5.71. The van der Waals surface area contributed by atoms with E-state index in [-0.39, 0.29) is 24.2 Å². The van der Waals surface area contributed by atoms with Crippen LogP contribution in [0.5, 0.6) is 0 Å². The van der Waals surface area contributed by atoms with Gasteiger partial charge in [0.1, 0.15) is 13.1 Å². The summed E-state index contributed by atoms with van der Waals surface area (Å²) >= 11 is 0. The standard InChI is InChI=1S/C10H21NO4/c1-2-3-4-11(5-7-12,6-8-13)9-10(14)15/h12-13H,2-9H2,1H3/p+1. The predicted octanol–water partition coefficient (Wildman–Crippen LogP) is -0.327. The van der Waals surface area contributed by atoms with E-state index in [1.165, 1.54) is 0 Å². The Bertz CT molecular complexity index is 178. The van der Waals surface area contributed by atoms with Crippen LogP contribution in [-0.4, -0.2) is 65.2 Å². The second-order valence-electron chi connectivity index (χ2n) is 3.87. The molecule has 5 heteroatoms. The highest BCUT2D eigenvalue weighted by Crippen LogP contribution is 2.09. The molecular formula is C10H22NO4+. The minimum atomic E-state index is -0.881. The Kier molecular flexibility index (Phi) is 7.29. The van der Waals surface area contributed by atoms with Crippen molar-refractivity contribution in [2.75, 3.05) is 39.4 Å². The van der Waals surface area contributed by atoms with Crippen molar-refractivity contribution in [1.82, 2.24) is 0 Å². The van der Waals surface area contributed by atoms with Gasteiger partial charge in [0.2, 0.25) is 0 Å². The van der Waals surface area contributed by atoms with E-state index in [2.05, 4.69) is 0 Å². The minimum Gasteiger partial charge on any atom is -0.477 e. The lowest BCUT2D eigenvalue weighted by Crippen LogP contribution is -2.55. The molecule has 0 spiro atoms. The van der Waals surface area contributed by atoms with Gasteiger partial charge in [-0.25, -0.2) is 4.79 Å². The maximum absolute atomic E-state index is 10.7. The van der Waals surface area contributed by atoms with Crippen LogP contribution in [0, 0.1) is 0 Å². The summed E-state index contributed by atoms with van der Waals surface area (Å²) in [6.45, 7) is 3.41. The number of carbonyl (C=O) groups is 1. The molecule has 0 aliphatic carbocycles. The smallest absolute Gasteiger partial charge is 0.359 e. The number of hydrogen-bond acceptors (Lipinski definition) is 3. The zero-order chi connectivity index (χ0) is 11.7. The van der Waals surface area contributed by atoms with E-state index in [1.54, 1.807) is 0 Å². The van der Waals surface area contributed by atoms with E-state index in [9.17, 15) is 4.79 Å². The molecule has 0 heterocycles. The maximum atomic E-state index is 10.7. The van der Waals surface area contributed by atoms with Crippen LogP contribution in [-0.2, 0) is 4.79 Å². The SMILES string of the molecule is CCCC[N+](CCO)(CCO)CC(=O)O. The van der Waals surface area contributed by atoms with E-state index in [0.717, 1.165) is 12.8 Å². The molecule has 0 rings (SSSR count). The quantitative estimate of drug-likeness (QED) is 0.465. The highest BCUT2D eigenvalue weighted by molar-refractivity contribution is 5.67. The number of carboxylic acid groups (broad SMARTS) is 1. The molecule has 90 valence electrons. The lowest BCUT2D eigenvalue weighted by molar-refractivity contribution is -0.922. The van der Waals surface area contributed by atoms with Crippen molar-refractivity contribution in [3.05, 3.63) is 0 Å². The number of quaternary nitrogens is 1. The van der Waals surface area contributed by atoms with Crippen LogP contribution >= 0.6 is 0 Å². The number of hydrogen-bond donors (Lipinski definition) is 3. The number of carboxylic acids is 1. The third-order valence-electron chi connectivity index (χ3n) is 2.61. The maximum Gasteiger partial charge on any atom is 0.359 e. The van der Waals surface area contributed by atoms with Crippen LogP contribution in [0.1, 0.15) is 19.8 Å². The van der Waals surface area contributed by atoms with E-state index >= 15 is 0 Å². The molecule has 0 saturated carbocycles. The Morgan fingerprint density at radius 2 is 1.67 bits per heavy atom. The van der Waals surface area contributed by atoms with Crippen LogP contribution in [0.15, 0.2) is 0 Å². The van der Waals surface area contributed by atoms with Crippen molar-refractivity contribution >= 4 is 5.97 Å². The van der Waals surface area contributed by atoms with Gasteiger partial charge in [0, 0.05) is 0 Å². The van der Waals surface area contributed by atoms with Crippen molar-refractivity contribution in [3.8, 4) is 0 Å². The summed E-state index contributed by atoms with van der Waals surface area (Å²) in [5.74, 6) is -0.881. The Hall–Kier alpha value is -0.650. The van der Waals surface area contributed by atoms with Gasteiger partial charge >= 0.3 is 5.97 Å². The van der Waals surface area contributed by atoms with Gasteiger partial charge < -0.3 is 19.8 Å². The van der Waals surface area contributed by atoms with Gasteiger partial charge in [0.05, 0.1) is 19.8 Å². The van der Waals surface area contributed by atoms with E-state index < -0.39 is 5.97 Å². The van der Waals surface area contributed by atoms with E-state index in [4.69, 9.17) is 15.3 Å². The number of rotatable bonds is 9. The number of unbranched alkanes of at least 4 members (excludes halogenated alkanes) is 1. The predicted molar refractivity (Wildman–Crippen MR) is 56.4 cm³/mol. The van der Waals surface area contributed by atoms with Crippen LogP contribution in [0.2, 0.25) is 0 Å². The average molecular weight is 220 g/mol. The molecule has 0 aromatic carbocycles. The first-order valence-electron chi connectivity index (χ1n) is 5.39. The van der Waals surface area contributed by atoms with Gasteiger partial charge in [-0.1, -0.05) is 13.3 Å². The first-order valence-corrected chi connectivity index (χ1v) is 5.39. The van der Waals surface area contributed by atoms with Crippen molar-refractivity contribution in [1.29, 1.82) is 0 Å². The lowest BCUT2D eigenvalue weighted by Gasteiger charge is -2.36. The van der Waals surface area contributed by atoms with Crippen molar-refractivity contribution in [2.24, 2.45) is 0 Å². The fourth-order valence-electron chi connectivity index (χ4n) is 1.78. The average Bonchev–Trinajstić information content (AvgIpc) is 2.14. The molecule has 0 aromatic heterocycles. The molecule has 0 saturated heterocycles. The Labute approximate surface area is 90.5 Å². The molecule has 15 heavy (non-hydrogen) atoms. The topological polar surface area (TPSA) is 77.8 Å². The van der Waals surface area contributed by atoms with E-state index in [1.807, 2.05) is 6.92 Å². The first kappa shape index (κ1) is 14.3. The zero-order valence-electron chi connectivity index (χ0n) is 9.35. The lowest BCUT2D eigenvalue weighted by atomic mass is 10.2. The fraction of sp³-hybridized carbons (Fsp3) is 0.900. The van der Waals surface area contributed by atoms with Crippen molar-refractivity contribution < 1.29 is 24.6 Å². The van der Waals surface area contributed by atoms with Gasteiger partial charge in [-0.2, -0.15) is 0 Å². The second-order valence-corrected chi connectivity index (χ2v) is 3.87. The van der Waals surface area contributed by atoms with Gasteiger partial charge in [-0.15, -0.1) is 0 Å². The van der Waals surface area contributed by atoms with Gasteiger partial charge in [0.15, 0.2) is 6.54 Å². The summed E-state index contributed by atoms with van der Waals surface area (Å²) in [5.41, 5.74) is 0. The summed E-state index contributed by atoms with van der Waals surface area (Å²) in [6.07, 6.45) is 1.89. The number of aliphatic hydroxyl groups is 2. The van der Waals surface area contributed by atoms with Gasteiger partial charge in [-0.05, 0) is 6.42 Å². The summed E-state index contributed by atoms with van der Waals surface area (Å²) in [4.78, 5) is 10.7. The van der Waals surface area contributed by atoms with Crippen LogP contribution < -0.4 is 0 Å².